The topological polar surface area (TPSA) is 47.8 Å². The molecule has 4 heteroatoms. The highest BCUT2D eigenvalue weighted by molar-refractivity contribution is 5.82. The Bertz CT molecular complexity index is 611. The summed E-state index contributed by atoms with van der Waals surface area (Å²) in [6.45, 7) is 6.95. The maximum atomic E-state index is 12.6. The van der Waals surface area contributed by atoms with Crippen LogP contribution in [0.1, 0.15) is 33.6 Å². The Morgan fingerprint density at radius 3 is 2.35 bits per heavy atom. The third-order valence-corrected chi connectivity index (χ3v) is 5.07. The second kappa shape index (κ2) is 4.69. The predicted octanol–water partition coefficient (Wildman–Crippen LogP) is 3.07. The number of ketones is 1. The highest BCUT2D eigenvalue weighted by Crippen LogP contribution is 2.47. The molecule has 1 aromatic heterocycles. The highest BCUT2D eigenvalue weighted by atomic mass is 16.1. The average molecular weight is 271 g/mol. The summed E-state index contributed by atoms with van der Waals surface area (Å²) in [5.74, 6) is 0.993. The number of hydrogen-bond donors (Lipinski definition) is 0. The van der Waals surface area contributed by atoms with Crippen molar-refractivity contribution in [3.8, 4) is 0 Å². The molecular formula is C16H21N3O. The number of carbonyl (C=O) groups excluding carboxylic acids is 1. The minimum atomic E-state index is 0.0870. The van der Waals surface area contributed by atoms with E-state index in [-0.39, 0.29) is 23.7 Å². The van der Waals surface area contributed by atoms with E-state index in [9.17, 15) is 4.79 Å². The van der Waals surface area contributed by atoms with Gasteiger partial charge in [0.05, 0.1) is 0 Å². The van der Waals surface area contributed by atoms with E-state index >= 15 is 0 Å². The van der Waals surface area contributed by atoms with Crippen LogP contribution in [-0.2, 0) is 11.3 Å². The zero-order chi connectivity index (χ0) is 14.3. The smallest absolute Gasteiger partial charge is 0.159 e. The van der Waals surface area contributed by atoms with Crippen LogP contribution in [0.25, 0.3) is 11.0 Å². The van der Waals surface area contributed by atoms with Crippen molar-refractivity contribution in [3.05, 3.63) is 24.3 Å². The van der Waals surface area contributed by atoms with Crippen LogP contribution in [0.4, 0.5) is 0 Å². The molecule has 0 radical (unpaired) electrons. The summed E-state index contributed by atoms with van der Waals surface area (Å²) in [4.78, 5) is 14.1. The molecule has 20 heavy (non-hydrogen) atoms. The van der Waals surface area contributed by atoms with E-state index in [1.807, 2.05) is 24.3 Å². The van der Waals surface area contributed by atoms with E-state index in [2.05, 4.69) is 31.0 Å². The van der Waals surface area contributed by atoms with Crippen LogP contribution in [0.3, 0.4) is 0 Å². The van der Waals surface area contributed by atoms with Gasteiger partial charge in [-0.25, -0.2) is 0 Å². The second-order valence-corrected chi connectivity index (χ2v) is 6.54. The summed E-state index contributed by atoms with van der Waals surface area (Å²) in [5.41, 5.74) is 1.78. The van der Waals surface area contributed by atoms with Crippen LogP contribution in [0, 0.1) is 17.3 Å². The minimum Gasteiger partial charge on any atom is -0.297 e. The quantitative estimate of drug-likeness (QED) is 0.862. The molecule has 106 valence electrons. The summed E-state index contributed by atoms with van der Waals surface area (Å²) in [6, 6.07) is 7.71. The minimum absolute atomic E-state index is 0.0870. The van der Waals surface area contributed by atoms with E-state index in [4.69, 9.17) is 0 Å². The van der Waals surface area contributed by atoms with Crippen LogP contribution < -0.4 is 0 Å². The van der Waals surface area contributed by atoms with Gasteiger partial charge in [0.25, 0.3) is 0 Å². The first-order chi connectivity index (χ1) is 9.48. The number of Topliss-reactive ketones (excluding diaryl/α,β-unsaturated/α-hetero) is 1. The monoisotopic (exact) mass is 271 g/mol. The Morgan fingerprint density at radius 1 is 1.25 bits per heavy atom. The molecule has 1 fully saturated rings. The summed E-state index contributed by atoms with van der Waals surface area (Å²) in [7, 11) is 0. The molecule has 4 nitrogen and oxygen atoms in total. The Labute approximate surface area is 119 Å². The first-order valence-corrected chi connectivity index (χ1v) is 7.31. The van der Waals surface area contributed by atoms with Gasteiger partial charge < -0.3 is 0 Å². The predicted molar refractivity (Wildman–Crippen MR) is 78.2 cm³/mol. The van der Waals surface area contributed by atoms with Gasteiger partial charge in [-0.2, -0.15) is 15.0 Å². The van der Waals surface area contributed by atoms with E-state index in [1.165, 1.54) is 0 Å². The van der Waals surface area contributed by atoms with Crippen molar-refractivity contribution in [3.63, 3.8) is 0 Å². The third kappa shape index (κ3) is 2.13. The SMILES string of the molecule is CC1CCC(C(=O)Cn2nc3ccccc3n2)C1(C)C. The van der Waals surface area contributed by atoms with Crippen LogP contribution in [0.5, 0.6) is 0 Å². The van der Waals surface area contributed by atoms with Gasteiger partial charge in [0, 0.05) is 5.92 Å². The molecule has 0 amide bonds. The first kappa shape index (κ1) is 13.3. The highest BCUT2D eigenvalue weighted by Gasteiger charge is 2.44. The van der Waals surface area contributed by atoms with Gasteiger partial charge in [0.1, 0.15) is 17.6 Å². The van der Waals surface area contributed by atoms with Crippen molar-refractivity contribution in [2.75, 3.05) is 0 Å². The lowest BCUT2D eigenvalue weighted by Gasteiger charge is -2.30. The molecule has 1 heterocycles. The number of hydrogen-bond acceptors (Lipinski definition) is 3. The molecule has 0 spiro atoms. The lowest BCUT2D eigenvalue weighted by molar-refractivity contribution is -0.126. The molecule has 2 atom stereocenters. The van der Waals surface area contributed by atoms with Gasteiger partial charge in [-0.05, 0) is 36.3 Å². The van der Waals surface area contributed by atoms with Crippen LogP contribution >= 0.6 is 0 Å². The van der Waals surface area contributed by atoms with Crippen molar-refractivity contribution >= 4 is 16.8 Å². The molecule has 2 unspecified atom stereocenters. The average Bonchev–Trinajstić information content (AvgIpc) is 2.90. The Kier molecular flexibility index (Phi) is 3.11. The van der Waals surface area contributed by atoms with Gasteiger partial charge in [-0.3, -0.25) is 4.79 Å². The maximum absolute atomic E-state index is 12.6. The van der Waals surface area contributed by atoms with Crippen LogP contribution in [0.15, 0.2) is 24.3 Å². The molecule has 0 saturated heterocycles. The summed E-state index contributed by atoms with van der Waals surface area (Å²) in [6.07, 6.45) is 2.13. The van der Waals surface area contributed by atoms with E-state index in [1.54, 1.807) is 4.80 Å². The van der Waals surface area contributed by atoms with Crippen molar-refractivity contribution in [2.24, 2.45) is 17.3 Å². The lowest BCUT2D eigenvalue weighted by Crippen LogP contribution is -2.32. The molecular weight excluding hydrogens is 250 g/mol. The normalized spacial score (nSPS) is 25.1. The zero-order valence-corrected chi connectivity index (χ0v) is 12.3. The number of fused-ring (bicyclic) bond motifs is 1. The summed E-state index contributed by atoms with van der Waals surface area (Å²) >= 11 is 0. The molecule has 3 rings (SSSR count). The molecule has 2 aromatic rings. The maximum Gasteiger partial charge on any atom is 0.159 e. The molecule has 1 aromatic carbocycles. The van der Waals surface area contributed by atoms with Crippen LogP contribution in [0.2, 0.25) is 0 Å². The summed E-state index contributed by atoms with van der Waals surface area (Å²) in [5, 5.41) is 8.75. The largest absolute Gasteiger partial charge is 0.297 e. The molecule has 1 saturated carbocycles. The Morgan fingerprint density at radius 2 is 1.85 bits per heavy atom. The van der Waals surface area contributed by atoms with Gasteiger partial charge >= 0.3 is 0 Å². The Balaban J connectivity index is 1.79. The number of benzene rings is 1. The van der Waals surface area contributed by atoms with Crippen LogP contribution in [-0.4, -0.2) is 20.8 Å². The molecule has 1 aliphatic rings. The lowest BCUT2D eigenvalue weighted by atomic mass is 9.74. The fourth-order valence-electron chi connectivity index (χ4n) is 3.30. The number of aromatic nitrogens is 3. The van der Waals surface area contributed by atoms with Crippen molar-refractivity contribution in [1.29, 1.82) is 0 Å². The molecule has 0 aliphatic heterocycles. The fourth-order valence-corrected chi connectivity index (χ4v) is 3.30. The van der Waals surface area contributed by atoms with E-state index in [0.29, 0.717) is 5.92 Å². The van der Waals surface area contributed by atoms with Gasteiger partial charge in [-0.1, -0.05) is 32.9 Å². The van der Waals surface area contributed by atoms with Crippen molar-refractivity contribution in [2.45, 2.75) is 40.2 Å². The first-order valence-electron chi connectivity index (χ1n) is 7.31. The number of nitrogens with zero attached hydrogens (tertiary/aromatic N) is 3. The Hall–Kier alpha value is -1.71. The zero-order valence-electron chi connectivity index (χ0n) is 12.3. The molecule has 0 bridgehead atoms. The molecule has 1 aliphatic carbocycles. The summed E-state index contributed by atoms with van der Waals surface area (Å²) < 4.78 is 0. The molecule has 0 N–H and O–H groups in total. The number of rotatable bonds is 3. The van der Waals surface area contributed by atoms with E-state index < -0.39 is 0 Å². The van der Waals surface area contributed by atoms with Gasteiger partial charge in [0.15, 0.2) is 5.78 Å². The standard InChI is InChI=1S/C16H21N3O/c1-11-8-9-12(16(11,2)3)15(20)10-19-17-13-6-4-5-7-14(13)18-19/h4-7,11-12H,8-10H2,1-3H3. The van der Waals surface area contributed by atoms with Gasteiger partial charge in [-0.15, -0.1) is 0 Å². The van der Waals surface area contributed by atoms with E-state index in [0.717, 1.165) is 23.9 Å². The second-order valence-electron chi connectivity index (χ2n) is 6.54. The number of carbonyl (C=O) groups is 1. The van der Waals surface area contributed by atoms with Crippen molar-refractivity contribution in [1.82, 2.24) is 15.0 Å². The van der Waals surface area contributed by atoms with Gasteiger partial charge in [0.2, 0.25) is 0 Å². The van der Waals surface area contributed by atoms with Crippen molar-refractivity contribution < 1.29 is 4.79 Å². The third-order valence-electron chi connectivity index (χ3n) is 5.07. The fraction of sp³-hybridized carbons (Fsp3) is 0.562.